The second-order valence-corrected chi connectivity index (χ2v) is 6.76. The highest BCUT2D eigenvalue weighted by Gasteiger charge is 2.36. The van der Waals surface area contributed by atoms with Gasteiger partial charge in [-0.1, -0.05) is 37.3 Å². The lowest BCUT2D eigenvalue weighted by Crippen LogP contribution is -2.27. The molecular weight excluding hydrogens is 314 g/mol. The molecule has 0 aliphatic heterocycles. The maximum atomic E-state index is 12.1. The van der Waals surface area contributed by atoms with Gasteiger partial charge in [0.2, 0.25) is 5.91 Å². The zero-order valence-corrected chi connectivity index (χ0v) is 14.5. The summed E-state index contributed by atoms with van der Waals surface area (Å²) in [6.07, 6.45) is 5.01. The van der Waals surface area contributed by atoms with Crippen molar-refractivity contribution in [2.75, 3.05) is 13.2 Å². The standard InChI is InChI=1S/C21H25NO3/c1-15-13-19(15)20-9-7-18(25-20)8-10-21(24)22-14-17(11-12-23)16-5-3-2-4-6-16/h2-10,15,17,19,23H,11-14H2,1H3,(H,22,24)/b10-8+. The first-order valence-corrected chi connectivity index (χ1v) is 8.89. The number of hydrogen-bond donors (Lipinski definition) is 2. The Bertz CT molecular complexity index is 720. The number of hydrogen-bond acceptors (Lipinski definition) is 3. The van der Waals surface area contributed by atoms with Crippen molar-refractivity contribution < 1.29 is 14.3 Å². The summed E-state index contributed by atoms with van der Waals surface area (Å²) in [5.74, 6) is 2.92. The third-order valence-corrected chi connectivity index (χ3v) is 4.79. The van der Waals surface area contributed by atoms with E-state index in [0.29, 0.717) is 30.6 Å². The molecule has 1 aromatic carbocycles. The minimum Gasteiger partial charge on any atom is -0.461 e. The fourth-order valence-electron chi connectivity index (χ4n) is 3.08. The van der Waals surface area contributed by atoms with Crippen molar-refractivity contribution in [3.63, 3.8) is 0 Å². The molecule has 0 radical (unpaired) electrons. The second kappa shape index (κ2) is 8.17. The highest BCUT2D eigenvalue weighted by molar-refractivity contribution is 5.91. The number of amides is 1. The summed E-state index contributed by atoms with van der Waals surface area (Å²) in [5, 5.41) is 12.2. The van der Waals surface area contributed by atoms with Crippen LogP contribution in [-0.2, 0) is 4.79 Å². The predicted octanol–water partition coefficient (Wildman–Crippen LogP) is 3.70. The molecule has 2 aromatic rings. The van der Waals surface area contributed by atoms with Crippen molar-refractivity contribution in [1.29, 1.82) is 0 Å². The fraction of sp³-hybridized carbons (Fsp3) is 0.381. The Labute approximate surface area is 148 Å². The van der Waals surface area contributed by atoms with Crippen LogP contribution < -0.4 is 5.32 Å². The van der Waals surface area contributed by atoms with E-state index in [9.17, 15) is 9.90 Å². The molecule has 1 heterocycles. The van der Waals surface area contributed by atoms with Crippen molar-refractivity contribution in [2.24, 2.45) is 5.92 Å². The predicted molar refractivity (Wildman–Crippen MR) is 98.2 cm³/mol. The molecule has 4 heteroatoms. The largest absolute Gasteiger partial charge is 0.461 e. The van der Waals surface area contributed by atoms with E-state index in [1.165, 1.54) is 12.5 Å². The average Bonchev–Trinajstić information content (AvgIpc) is 3.18. The highest BCUT2D eigenvalue weighted by Crippen LogP contribution is 2.47. The third-order valence-electron chi connectivity index (χ3n) is 4.79. The molecule has 1 aliphatic carbocycles. The van der Waals surface area contributed by atoms with Gasteiger partial charge in [0.1, 0.15) is 11.5 Å². The van der Waals surface area contributed by atoms with Crippen molar-refractivity contribution >= 4 is 12.0 Å². The van der Waals surface area contributed by atoms with Crippen LogP contribution in [-0.4, -0.2) is 24.2 Å². The van der Waals surface area contributed by atoms with E-state index >= 15 is 0 Å². The van der Waals surface area contributed by atoms with Gasteiger partial charge < -0.3 is 14.8 Å². The SMILES string of the molecule is CC1CC1c1ccc(/C=C/C(=O)NCC(CCO)c2ccccc2)o1. The van der Waals surface area contributed by atoms with E-state index in [1.54, 1.807) is 6.08 Å². The summed E-state index contributed by atoms with van der Waals surface area (Å²) in [4.78, 5) is 12.1. The number of benzene rings is 1. The van der Waals surface area contributed by atoms with E-state index in [2.05, 4.69) is 12.2 Å². The quantitative estimate of drug-likeness (QED) is 0.721. The van der Waals surface area contributed by atoms with E-state index in [1.807, 2.05) is 42.5 Å². The average molecular weight is 339 g/mol. The van der Waals surface area contributed by atoms with E-state index in [4.69, 9.17) is 4.42 Å². The summed E-state index contributed by atoms with van der Waals surface area (Å²) >= 11 is 0. The molecule has 1 aliphatic rings. The summed E-state index contributed by atoms with van der Waals surface area (Å²) in [6.45, 7) is 2.81. The van der Waals surface area contributed by atoms with Crippen LogP contribution in [0.15, 0.2) is 53.0 Å². The van der Waals surface area contributed by atoms with Crippen LogP contribution in [0.2, 0.25) is 0 Å². The first-order chi connectivity index (χ1) is 12.2. The number of carbonyl (C=O) groups excluding carboxylic acids is 1. The summed E-state index contributed by atoms with van der Waals surface area (Å²) in [7, 11) is 0. The molecule has 0 bridgehead atoms. The Morgan fingerprint density at radius 1 is 1.32 bits per heavy atom. The van der Waals surface area contributed by atoms with E-state index in [-0.39, 0.29) is 18.4 Å². The number of carbonyl (C=O) groups is 1. The molecular formula is C21H25NO3. The topological polar surface area (TPSA) is 62.5 Å². The highest BCUT2D eigenvalue weighted by atomic mass is 16.3. The molecule has 1 fully saturated rings. The summed E-state index contributed by atoms with van der Waals surface area (Å²) in [6, 6.07) is 13.8. The van der Waals surface area contributed by atoms with Gasteiger partial charge in [-0.05, 0) is 42.5 Å². The molecule has 132 valence electrons. The van der Waals surface area contributed by atoms with Crippen molar-refractivity contribution in [2.45, 2.75) is 31.6 Å². The molecule has 3 atom stereocenters. The van der Waals surface area contributed by atoms with Crippen molar-refractivity contribution in [3.05, 3.63) is 65.6 Å². The minimum atomic E-state index is -0.156. The number of aliphatic hydroxyl groups excluding tert-OH is 1. The lowest BCUT2D eigenvalue weighted by molar-refractivity contribution is -0.116. The minimum absolute atomic E-state index is 0.0973. The molecule has 1 saturated carbocycles. The Morgan fingerprint density at radius 2 is 2.08 bits per heavy atom. The first-order valence-electron chi connectivity index (χ1n) is 8.89. The molecule has 1 amide bonds. The van der Waals surface area contributed by atoms with Crippen LogP contribution in [0.5, 0.6) is 0 Å². The molecule has 25 heavy (non-hydrogen) atoms. The zero-order chi connectivity index (χ0) is 17.6. The molecule has 0 saturated heterocycles. The molecule has 3 rings (SSSR count). The number of nitrogens with one attached hydrogen (secondary N) is 1. The van der Waals surface area contributed by atoms with Gasteiger partial charge in [-0.25, -0.2) is 0 Å². The van der Waals surface area contributed by atoms with Crippen LogP contribution in [0, 0.1) is 5.92 Å². The Kier molecular flexibility index (Phi) is 5.71. The smallest absolute Gasteiger partial charge is 0.244 e. The molecule has 2 N–H and O–H groups in total. The van der Waals surface area contributed by atoms with Crippen LogP contribution >= 0.6 is 0 Å². The van der Waals surface area contributed by atoms with Crippen molar-refractivity contribution in [1.82, 2.24) is 5.32 Å². The van der Waals surface area contributed by atoms with Gasteiger partial charge in [-0.3, -0.25) is 4.79 Å². The van der Waals surface area contributed by atoms with Crippen LogP contribution in [0.25, 0.3) is 6.08 Å². The van der Waals surface area contributed by atoms with Gasteiger partial charge in [0.05, 0.1) is 0 Å². The zero-order valence-electron chi connectivity index (χ0n) is 14.5. The molecule has 4 nitrogen and oxygen atoms in total. The normalized spacial score (nSPS) is 20.6. The van der Waals surface area contributed by atoms with Gasteiger partial charge >= 0.3 is 0 Å². The van der Waals surface area contributed by atoms with Crippen LogP contribution in [0.3, 0.4) is 0 Å². The Balaban J connectivity index is 1.52. The van der Waals surface area contributed by atoms with Gasteiger partial charge in [0, 0.05) is 31.1 Å². The summed E-state index contributed by atoms with van der Waals surface area (Å²) in [5.41, 5.74) is 1.12. The Morgan fingerprint density at radius 3 is 2.76 bits per heavy atom. The lowest BCUT2D eigenvalue weighted by atomic mass is 9.96. The maximum Gasteiger partial charge on any atom is 0.244 e. The number of furan rings is 1. The van der Waals surface area contributed by atoms with Gasteiger partial charge in [0.25, 0.3) is 0 Å². The van der Waals surface area contributed by atoms with Gasteiger partial charge in [-0.15, -0.1) is 0 Å². The monoisotopic (exact) mass is 339 g/mol. The number of aliphatic hydroxyl groups is 1. The van der Waals surface area contributed by atoms with Gasteiger partial charge in [-0.2, -0.15) is 0 Å². The summed E-state index contributed by atoms with van der Waals surface area (Å²) < 4.78 is 5.76. The fourth-order valence-corrected chi connectivity index (χ4v) is 3.08. The lowest BCUT2D eigenvalue weighted by Gasteiger charge is -2.16. The maximum absolute atomic E-state index is 12.1. The van der Waals surface area contributed by atoms with Crippen molar-refractivity contribution in [3.8, 4) is 0 Å². The first kappa shape index (κ1) is 17.5. The molecule has 1 aromatic heterocycles. The Hall–Kier alpha value is -2.33. The number of rotatable bonds is 8. The second-order valence-electron chi connectivity index (χ2n) is 6.76. The molecule has 3 unspecified atom stereocenters. The van der Waals surface area contributed by atoms with E-state index < -0.39 is 0 Å². The van der Waals surface area contributed by atoms with Gasteiger partial charge in [0.15, 0.2) is 0 Å². The molecule has 0 spiro atoms. The van der Waals surface area contributed by atoms with E-state index in [0.717, 1.165) is 11.3 Å². The third kappa shape index (κ3) is 4.83. The van der Waals surface area contributed by atoms with Crippen LogP contribution in [0.1, 0.15) is 48.7 Å². The van der Waals surface area contributed by atoms with Crippen LogP contribution in [0.4, 0.5) is 0 Å².